The molecule has 0 aromatic heterocycles. The lowest BCUT2D eigenvalue weighted by Gasteiger charge is -2.17. The van der Waals surface area contributed by atoms with Gasteiger partial charge in [-0.3, -0.25) is 4.79 Å². The number of hydrogen-bond acceptors (Lipinski definition) is 4. The number of ether oxygens (including phenoxy) is 2. The summed E-state index contributed by atoms with van der Waals surface area (Å²) in [6.07, 6.45) is 0. The zero-order chi connectivity index (χ0) is 13.8. The summed E-state index contributed by atoms with van der Waals surface area (Å²) in [5.41, 5.74) is 0.607. The van der Waals surface area contributed by atoms with E-state index in [4.69, 9.17) is 9.47 Å². The molecule has 0 N–H and O–H groups in total. The molecule has 3 nitrogen and oxygen atoms in total. The maximum absolute atomic E-state index is 12.1. The zero-order valence-electron chi connectivity index (χ0n) is 11.6. The first-order valence-electron chi connectivity index (χ1n) is 5.76. The van der Waals surface area contributed by atoms with Crippen LogP contribution >= 0.6 is 11.8 Å². The Hall–Kier alpha value is -1.16. The normalized spacial score (nSPS) is 11.2. The van der Waals surface area contributed by atoms with E-state index in [1.165, 1.54) is 0 Å². The molecule has 100 valence electrons. The molecule has 4 heteroatoms. The third kappa shape index (κ3) is 4.26. The first-order valence-corrected chi connectivity index (χ1v) is 6.75. The molecule has 0 aliphatic carbocycles. The van der Waals surface area contributed by atoms with E-state index < -0.39 is 0 Å². The van der Waals surface area contributed by atoms with Gasteiger partial charge in [-0.25, -0.2) is 0 Å². The lowest BCUT2D eigenvalue weighted by Crippen LogP contribution is -2.13. The molecule has 0 atom stereocenters. The van der Waals surface area contributed by atoms with E-state index >= 15 is 0 Å². The van der Waals surface area contributed by atoms with Crippen molar-refractivity contribution in [2.24, 2.45) is 0 Å². The Labute approximate surface area is 113 Å². The molecule has 0 aliphatic rings. The minimum absolute atomic E-state index is 0.0782. The van der Waals surface area contributed by atoms with Gasteiger partial charge in [-0.15, -0.1) is 11.8 Å². The Kier molecular flexibility index (Phi) is 5.08. The average molecular weight is 268 g/mol. The van der Waals surface area contributed by atoms with Crippen LogP contribution in [0.5, 0.6) is 11.5 Å². The largest absolute Gasteiger partial charge is 0.497 e. The first-order chi connectivity index (χ1) is 8.37. The van der Waals surface area contributed by atoms with Crippen LogP contribution in [-0.4, -0.2) is 30.5 Å². The fraction of sp³-hybridized carbons (Fsp3) is 0.500. The molecule has 0 amide bonds. The van der Waals surface area contributed by atoms with Gasteiger partial charge < -0.3 is 9.47 Å². The third-order valence-corrected chi connectivity index (χ3v) is 3.62. The molecule has 1 rings (SSSR count). The highest BCUT2D eigenvalue weighted by Crippen LogP contribution is 2.28. The monoisotopic (exact) mass is 268 g/mol. The fourth-order valence-corrected chi connectivity index (χ4v) is 2.11. The zero-order valence-corrected chi connectivity index (χ0v) is 12.4. The minimum atomic E-state index is 0.0782. The number of methoxy groups -OCH3 is 2. The van der Waals surface area contributed by atoms with E-state index in [0.29, 0.717) is 22.8 Å². The van der Waals surface area contributed by atoms with Crippen molar-refractivity contribution in [1.82, 2.24) is 0 Å². The molecule has 0 saturated heterocycles. The smallest absolute Gasteiger partial charge is 0.176 e. The lowest BCUT2D eigenvalue weighted by atomic mass is 10.1. The number of ketones is 1. The molecule has 0 fully saturated rings. The molecule has 0 saturated carbocycles. The van der Waals surface area contributed by atoms with Crippen LogP contribution in [0.2, 0.25) is 0 Å². The van der Waals surface area contributed by atoms with Gasteiger partial charge in [0.1, 0.15) is 11.5 Å². The SMILES string of the molecule is COc1ccc(C(=O)CSC(C)(C)C)c(OC)c1. The van der Waals surface area contributed by atoms with Gasteiger partial charge in [-0.05, 0) is 12.1 Å². The van der Waals surface area contributed by atoms with Crippen LogP contribution < -0.4 is 9.47 Å². The average Bonchev–Trinajstić information content (AvgIpc) is 2.34. The van der Waals surface area contributed by atoms with Crippen LogP contribution in [0.15, 0.2) is 18.2 Å². The molecule has 0 spiro atoms. The van der Waals surface area contributed by atoms with Crippen molar-refractivity contribution < 1.29 is 14.3 Å². The number of Topliss-reactive ketones (excluding diaryl/α,β-unsaturated/α-hetero) is 1. The third-order valence-electron chi connectivity index (χ3n) is 2.35. The van der Waals surface area contributed by atoms with Crippen molar-refractivity contribution in [3.05, 3.63) is 23.8 Å². The maximum atomic E-state index is 12.1. The molecule has 0 bridgehead atoms. The predicted molar refractivity (Wildman–Crippen MR) is 76.1 cm³/mol. The second kappa shape index (κ2) is 6.14. The van der Waals surface area contributed by atoms with Crippen molar-refractivity contribution in [3.63, 3.8) is 0 Å². The molecule has 0 heterocycles. The summed E-state index contributed by atoms with van der Waals surface area (Å²) in [7, 11) is 3.15. The highest BCUT2D eigenvalue weighted by molar-refractivity contribution is 8.01. The predicted octanol–water partition coefficient (Wildman–Crippen LogP) is 3.42. The Bertz CT molecular complexity index is 422. The van der Waals surface area contributed by atoms with Crippen molar-refractivity contribution in [2.75, 3.05) is 20.0 Å². The second-order valence-corrected chi connectivity index (χ2v) is 6.69. The summed E-state index contributed by atoms with van der Waals surface area (Å²) in [4.78, 5) is 12.1. The van der Waals surface area contributed by atoms with E-state index in [1.54, 1.807) is 44.2 Å². The van der Waals surface area contributed by atoms with Crippen LogP contribution in [0.25, 0.3) is 0 Å². The molecule has 0 unspecified atom stereocenters. The Balaban J connectivity index is 2.85. The van der Waals surface area contributed by atoms with Gasteiger partial charge in [0.2, 0.25) is 0 Å². The molecule has 0 aliphatic heterocycles. The number of carbonyl (C=O) groups excluding carboxylic acids is 1. The van der Waals surface area contributed by atoms with E-state index in [-0.39, 0.29) is 10.5 Å². The van der Waals surface area contributed by atoms with Crippen LogP contribution in [-0.2, 0) is 0 Å². The Morgan fingerprint density at radius 3 is 2.39 bits per heavy atom. The number of benzene rings is 1. The topological polar surface area (TPSA) is 35.5 Å². The summed E-state index contributed by atoms with van der Waals surface area (Å²) < 4.78 is 10.4. The first kappa shape index (κ1) is 14.9. The van der Waals surface area contributed by atoms with Crippen LogP contribution in [0.3, 0.4) is 0 Å². The lowest BCUT2D eigenvalue weighted by molar-refractivity contribution is 0.101. The molecular weight excluding hydrogens is 248 g/mol. The van der Waals surface area contributed by atoms with Crippen molar-refractivity contribution in [3.8, 4) is 11.5 Å². The maximum Gasteiger partial charge on any atom is 0.176 e. The van der Waals surface area contributed by atoms with Gasteiger partial charge in [0.05, 0.1) is 25.5 Å². The van der Waals surface area contributed by atoms with Crippen molar-refractivity contribution >= 4 is 17.5 Å². The van der Waals surface area contributed by atoms with E-state index in [1.807, 2.05) is 0 Å². The summed E-state index contributed by atoms with van der Waals surface area (Å²) in [6.45, 7) is 6.28. The summed E-state index contributed by atoms with van der Waals surface area (Å²) >= 11 is 1.63. The minimum Gasteiger partial charge on any atom is -0.497 e. The summed E-state index contributed by atoms with van der Waals surface area (Å²) in [5.74, 6) is 1.78. The van der Waals surface area contributed by atoms with Crippen LogP contribution in [0.4, 0.5) is 0 Å². The molecular formula is C14H20O3S. The number of thioether (sulfide) groups is 1. The van der Waals surface area contributed by atoms with E-state index in [2.05, 4.69) is 20.8 Å². The van der Waals surface area contributed by atoms with Gasteiger partial charge in [-0.1, -0.05) is 20.8 Å². The quantitative estimate of drug-likeness (QED) is 0.767. The molecule has 1 aromatic rings. The molecule has 0 radical (unpaired) electrons. The summed E-state index contributed by atoms with van der Waals surface area (Å²) in [6, 6.07) is 5.26. The fourth-order valence-electron chi connectivity index (χ4n) is 1.39. The van der Waals surface area contributed by atoms with Gasteiger partial charge in [0, 0.05) is 10.8 Å². The second-order valence-electron chi connectivity index (χ2n) is 4.89. The van der Waals surface area contributed by atoms with Gasteiger partial charge in [0.15, 0.2) is 5.78 Å². The summed E-state index contributed by atoms with van der Waals surface area (Å²) in [5, 5.41) is 0. The van der Waals surface area contributed by atoms with Gasteiger partial charge in [0.25, 0.3) is 0 Å². The van der Waals surface area contributed by atoms with E-state index in [0.717, 1.165) is 0 Å². The van der Waals surface area contributed by atoms with Gasteiger partial charge in [-0.2, -0.15) is 0 Å². The van der Waals surface area contributed by atoms with Crippen molar-refractivity contribution in [1.29, 1.82) is 0 Å². The van der Waals surface area contributed by atoms with Crippen LogP contribution in [0.1, 0.15) is 31.1 Å². The standard InChI is InChI=1S/C14H20O3S/c1-14(2,3)18-9-12(15)11-7-6-10(16-4)8-13(11)17-5/h6-8H,9H2,1-5H3. The highest BCUT2D eigenvalue weighted by atomic mass is 32.2. The van der Waals surface area contributed by atoms with Crippen molar-refractivity contribution in [2.45, 2.75) is 25.5 Å². The van der Waals surface area contributed by atoms with Crippen LogP contribution in [0, 0.1) is 0 Å². The number of rotatable bonds is 5. The molecule has 18 heavy (non-hydrogen) atoms. The van der Waals surface area contributed by atoms with Gasteiger partial charge >= 0.3 is 0 Å². The number of hydrogen-bond donors (Lipinski definition) is 0. The van der Waals surface area contributed by atoms with E-state index in [9.17, 15) is 4.79 Å². The highest BCUT2D eigenvalue weighted by Gasteiger charge is 2.17. The Morgan fingerprint density at radius 1 is 1.22 bits per heavy atom. The molecule has 1 aromatic carbocycles. The Morgan fingerprint density at radius 2 is 1.89 bits per heavy atom. The number of carbonyl (C=O) groups is 1.